The second-order valence-corrected chi connectivity index (χ2v) is 13.6. The molecule has 0 aromatic carbocycles. The molecule has 10 fully saturated rings. The highest BCUT2D eigenvalue weighted by atomic mass is 16.6. The lowest BCUT2D eigenvalue weighted by molar-refractivity contribution is -0.145. The lowest BCUT2D eigenvalue weighted by Gasteiger charge is -2.31. The van der Waals surface area contributed by atoms with Gasteiger partial charge in [-0.2, -0.15) is 0 Å². The second kappa shape index (κ2) is 9.10. The molecule has 4 saturated heterocycles. The number of cyclic esters (lactones) is 3. The molecule has 18 unspecified atom stereocenters. The first kappa shape index (κ1) is 25.9. The molecule has 0 aromatic rings. The van der Waals surface area contributed by atoms with E-state index in [2.05, 4.69) is 0 Å². The summed E-state index contributed by atoms with van der Waals surface area (Å²) in [6, 6.07) is 0. The minimum Gasteiger partial charge on any atom is -0.465 e. The van der Waals surface area contributed by atoms with E-state index < -0.39 is 12.2 Å². The Morgan fingerprint density at radius 3 is 1.60 bits per heavy atom. The van der Waals surface area contributed by atoms with Crippen LogP contribution in [0.4, 0.5) is 0 Å². The molecule has 4 aliphatic heterocycles. The summed E-state index contributed by atoms with van der Waals surface area (Å²) in [6.45, 7) is 1.69. The van der Waals surface area contributed by atoms with Crippen LogP contribution in [0.25, 0.3) is 0 Å². The number of rotatable bonds is 2. The van der Waals surface area contributed by atoms with Crippen LogP contribution >= 0.6 is 0 Å². The number of fused-ring (bicyclic) bond motifs is 18. The highest BCUT2D eigenvalue weighted by Gasteiger charge is 2.71. The van der Waals surface area contributed by atoms with Crippen molar-refractivity contribution in [3.63, 3.8) is 0 Å². The minimum atomic E-state index is -0.475. The van der Waals surface area contributed by atoms with Gasteiger partial charge in [0.15, 0.2) is 0 Å². The van der Waals surface area contributed by atoms with Crippen molar-refractivity contribution in [2.75, 3.05) is 34.0 Å². The Balaban J connectivity index is 0.0000000922. The van der Waals surface area contributed by atoms with E-state index in [-0.39, 0.29) is 71.5 Å². The number of epoxide rings is 1. The predicted octanol–water partition coefficient (Wildman–Crippen LogP) is -0.205. The molecule has 6 bridgehead atoms. The van der Waals surface area contributed by atoms with Crippen molar-refractivity contribution in [3.8, 4) is 0 Å². The van der Waals surface area contributed by atoms with Crippen LogP contribution in [-0.4, -0.2) is 98.8 Å². The number of carbonyl (C=O) groups is 3. The second-order valence-electron chi connectivity index (χ2n) is 13.6. The van der Waals surface area contributed by atoms with Crippen molar-refractivity contribution < 1.29 is 53.0 Å². The van der Waals surface area contributed by atoms with E-state index in [1.165, 1.54) is 6.42 Å². The summed E-state index contributed by atoms with van der Waals surface area (Å²) in [7, 11) is 3.23. The molecule has 6 aliphatic carbocycles. The van der Waals surface area contributed by atoms with Gasteiger partial charge in [-0.05, 0) is 37.0 Å². The maximum absolute atomic E-state index is 11.5. The Hall–Kier alpha value is -1.79. The molecule has 10 rings (SSSR count). The molecule has 2 N–H and O–H groups in total. The molecule has 6 saturated carbocycles. The van der Waals surface area contributed by atoms with Crippen molar-refractivity contribution in [3.05, 3.63) is 0 Å². The van der Waals surface area contributed by atoms with Gasteiger partial charge in [0.05, 0.1) is 74.2 Å². The average Bonchev–Trinajstić information content (AvgIpc) is 3.70. The zero-order valence-corrected chi connectivity index (χ0v) is 22.7. The number of aliphatic hydroxyl groups excluding tert-OH is 2. The van der Waals surface area contributed by atoms with E-state index in [0.29, 0.717) is 61.6 Å². The number of aliphatic hydroxyl groups is 2. The molecular formula is C29H38O11. The van der Waals surface area contributed by atoms with Gasteiger partial charge in [-0.1, -0.05) is 0 Å². The molecule has 11 nitrogen and oxygen atoms in total. The summed E-state index contributed by atoms with van der Waals surface area (Å²) in [5, 5.41) is 19.8. The summed E-state index contributed by atoms with van der Waals surface area (Å²) >= 11 is 0. The van der Waals surface area contributed by atoms with Crippen molar-refractivity contribution in [1.82, 2.24) is 0 Å². The fourth-order valence-electron chi connectivity index (χ4n) is 10.8. The van der Waals surface area contributed by atoms with Gasteiger partial charge in [-0.3, -0.25) is 14.4 Å². The van der Waals surface area contributed by atoms with Crippen LogP contribution < -0.4 is 0 Å². The van der Waals surface area contributed by atoms with Gasteiger partial charge < -0.3 is 38.6 Å². The summed E-state index contributed by atoms with van der Waals surface area (Å²) in [6.07, 6.45) is 2.88. The maximum Gasteiger partial charge on any atom is 0.309 e. The van der Waals surface area contributed by atoms with Crippen molar-refractivity contribution in [1.29, 1.82) is 0 Å². The third kappa shape index (κ3) is 3.38. The van der Waals surface area contributed by atoms with E-state index in [9.17, 15) is 24.6 Å². The molecule has 220 valence electrons. The molecule has 0 radical (unpaired) electrons. The predicted molar refractivity (Wildman–Crippen MR) is 131 cm³/mol. The number of hydrogen-bond acceptors (Lipinski definition) is 11. The zero-order chi connectivity index (χ0) is 27.6. The molecule has 40 heavy (non-hydrogen) atoms. The first-order chi connectivity index (χ1) is 19.3. The Bertz CT molecular complexity index is 1090. The summed E-state index contributed by atoms with van der Waals surface area (Å²) in [5.41, 5.74) is 0. The largest absolute Gasteiger partial charge is 0.465 e. The third-order valence-corrected chi connectivity index (χ3v) is 12.5. The van der Waals surface area contributed by atoms with Gasteiger partial charge in [-0.15, -0.1) is 0 Å². The number of ether oxygens (including phenoxy) is 6. The highest BCUT2D eigenvalue weighted by Crippen LogP contribution is 2.63. The maximum atomic E-state index is 11.5. The van der Waals surface area contributed by atoms with Crippen molar-refractivity contribution in [2.24, 2.45) is 71.0 Å². The van der Waals surface area contributed by atoms with Gasteiger partial charge in [0.2, 0.25) is 0 Å². The smallest absolute Gasteiger partial charge is 0.309 e. The van der Waals surface area contributed by atoms with Crippen LogP contribution in [0, 0.1) is 71.0 Å². The monoisotopic (exact) mass is 562 g/mol. The minimum absolute atomic E-state index is 0.00616. The lowest BCUT2D eigenvalue weighted by atomic mass is 9.78. The lowest BCUT2D eigenvalue weighted by Crippen LogP contribution is -2.43. The summed E-state index contributed by atoms with van der Waals surface area (Å²) in [4.78, 5) is 34.2. The van der Waals surface area contributed by atoms with Crippen LogP contribution in [0.3, 0.4) is 0 Å². The summed E-state index contributed by atoms with van der Waals surface area (Å²) in [5.74, 6) is 2.97. The van der Waals surface area contributed by atoms with E-state index in [0.717, 1.165) is 12.8 Å². The quantitative estimate of drug-likeness (QED) is 0.262. The molecular weight excluding hydrogens is 524 g/mol. The number of carbonyl (C=O) groups excluding carboxylic acids is 3. The van der Waals surface area contributed by atoms with Crippen molar-refractivity contribution in [2.45, 2.75) is 55.9 Å². The van der Waals surface area contributed by atoms with E-state index in [1.54, 1.807) is 14.2 Å². The van der Waals surface area contributed by atoms with Crippen LogP contribution in [0.5, 0.6) is 0 Å². The van der Waals surface area contributed by atoms with Crippen LogP contribution in [-0.2, 0) is 42.8 Å². The molecule has 4 heterocycles. The first-order valence-electron chi connectivity index (χ1n) is 14.9. The van der Waals surface area contributed by atoms with Crippen LogP contribution in [0.1, 0.15) is 19.3 Å². The van der Waals surface area contributed by atoms with Gasteiger partial charge >= 0.3 is 17.9 Å². The fourth-order valence-corrected chi connectivity index (χ4v) is 10.8. The standard InChI is InChI=1S/2C10H14O4.C9H10O3/c1-13-9-4-2-5(8(9)11)7-6(4)3-14-10(7)12;1-13-9-5-2-4(8(9)11)6-3-14-10(12)7(5)6;10-9-6-4-1-3(5(6)2-11-9)7-8(4)12-7/h2*4-9,11H,2-3H2,1H3;3-8H,1-2H2. The first-order valence-corrected chi connectivity index (χ1v) is 14.9. The summed E-state index contributed by atoms with van der Waals surface area (Å²) < 4.78 is 31.2. The van der Waals surface area contributed by atoms with Gasteiger partial charge in [0.25, 0.3) is 0 Å². The van der Waals surface area contributed by atoms with Gasteiger partial charge in [0, 0.05) is 49.7 Å². The number of esters is 3. The van der Waals surface area contributed by atoms with Crippen LogP contribution in [0.15, 0.2) is 0 Å². The van der Waals surface area contributed by atoms with Crippen molar-refractivity contribution >= 4 is 17.9 Å². The number of methoxy groups -OCH3 is 2. The molecule has 0 spiro atoms. The van der Waals surface area contributed by atoms with E-state index in [4.69, 9.17) is 28.4 Å². The molecule has 0 amide bonds. The Labute approximate surface area is 232 Å². The molecule has 11 heteroatoms. The third-order valence-electron chi connectivity index (χ3n) is 12.5. The van der Waals surface area contributed by atoms with E-state index >= 15 is 0 Å². The normalized spacial score (nSPS) is 57.8. The van der Waals surface area contributed by atoms with Crippen LogP contribution in [0.2, 0.25) is 0 Å². The Morgan fingerprint density at radius 2 is 0.975 bits per heavy atom. The fraction of sp³-hybridized carbons (Fsp3) is 0.897. The van der Waals surface area contributed by atoms with Gasteiger partial charge in [0.1, 0.15) is 0 Å². The van der Waals surface area contributed by atoms with Gasteiger partial charge in [-0.25, -0.2) is 0 Å². The molecule has 18 atom stereocenters. The number of hydrogen-bond donors (Lipinski definition) is 2. The SMILES string of the molecule is COC1C(O)C2CC1C1C(=O)OCC21.COC1C(O)C2CC1C1COC(=O)C21.O=C1OCC2C3CC(C4OC34)C12. The van der Waals surface area contributed by atoms with E-state index in [1.807, 2.05) is 0 Å². The topological polar surface area (TPSA) is 150 Å². The zero-order valence-electron chi connectivity index (χ0n) is 22.7. The molecule has 10 aliphatic rings. The average molecular weight is 563 g/mol. The Morgan fingerprint density at radius 1 is 0.550 bits per heavy atom. The highest BCUT2D eigenvalue weighted by molar-refractivity contribution is 5.77. The Kier molecular flexibility index (Phi) is 5.89. The molecule has 0 aromatic heterocycles.